The molecule has 15 heavy (non-hydrogen) atoms. The normalized spacial score (nSPS) is 12.2. The molecule has 82 valence electrons. The molecule has 1 rings (SSSR count). The van der Waals surface area contributed by atoms with Crippen LogP contribution >= 0.6 is 0 Å². The van der Waals surface area contributed by atoms with Gasteiger partial charge in [-0.2, -0.15) is 0 Å². The fourth-order valence-corrected chi connectivity index (χ4v) is 1.09. The maximum absolute atomic E-state index is 12.6. The SMILES string of the molecule is NCC(=O)NCC(O)c1ccc(F)cc1. The zero-order chi connectivity index (χ0) is 11.3. The number of benzene rings is 1. The van der Waals surface area contributed by atoms with Gasteiger partial charge in [0.05, 0.1) is 12.6 Å². The predicted octanol–water partition coefficient (Wildman–Crippen LogP) is -0.0660. The Morgan fingerprint density at radius 2 is 2.07 bits per heavy atom. The van der Waals surface area contributed by atoms with Gasteiger partial charge in [-0.15, -0.1) is 0 Å². The molecule has 4 nitrogen and oxygen atoms in total. The van der Waals surface area contributed by atoms with Crippen LogP contribution in [0.3, 0.4) is 0 Å². The molecule has 1 amide bonds. The second-order valence-electron chi connectivity index (χ2n) is 3.08. The Morgan fingerprint density at radius 1 is 1.47 bits per heavy atom. The predicted molar refractivity (Wildman–Crippen MR) is 53.4 cm³/mol. The zero-order valence-electron chi connectivity index (χ0n) is 8.11. The first kappa shape index (κ1) is 11.6. The van der Waals surface area contributed by atoms with Gasteiger partial charge in [-0.25, -0.2) is 4.39 Å². The average molecular weight is 212 g/mol. The molecule has 0 aromatic heterocycles. The van der Waals surface area contributed by atoms with Crippen molar-refractivity contribution in [3.63, 3.8) is 0 Å². The van der Waals surface area contributed by atoms with Crippen molar-refractivity contribution in [2.45, 2.75) is 6.10 Å². The molecule has 0 bridgehead atoms. The van der Waals surface area contributed by atoms with E-state index in [-0.39, 0.29) is 24.8 Å². The summed E-state index contributed by atoms with van der Waals surface area (Å²) in [7, 11) is 0. The molecule has 1 unspecified atom stereocenters. The lowest BCUT2D eigenvalue weighted by atomic mass is 10.1. The number of hydrogen-bond acceptors (Lipinski definition) is 3. The van der Waals surface area contributed by atoms with E-state index in [9.17, 15) is 14.3 Å². The summed E-state index contributed by atoms with van der Waals surface area (Å²) < 4.78 is 12.6. The third kappa shape index (κ3) is 3.65. The standard InChI is InChI=1S/C10H13FN2O2/c11-8-3-1-7(2-4-8)9(14)6-13-10(15)5-12/h1-4,9,14H,5-6,12H2,(H,13,15). The van der Waals surface area contributed by atoms with Crippen LogP contribution in [0.1, 0.15) is 11.7 Å². The molecule has 0 heterocycles. The summed E-state index contributed by atoms with van der Waals surface area (Å²) >= 11 is 0. The molecule has 4 N–H and O–H groups in total. The Balaban J connectivity index is 2.50. The third-order valence-corrected chi connectivity index (χ3v) is 1.93. The fourth-order valence-electron chi connectivity index (χ4n) is 1.09. The van der Waals surface area contributed by atoms with E-state index >= 15 is 0 Å². The maximum atomic E-state index is 12.6. The zero-order valence-corrected chi connectivity index (χ0v) is 8.11. The summed E-state index contributed by atoms with van der Waals surface area (Å²) in [6.45, 7) is -0.0438. The van der Waals surface area contributed by atoms with Gasteiger partial charge in [0, 0.05) is 6.54 Å². The molecule has 1 atom stereocenters. The van der Waals surface area contributed by atoms with Crippen LogP contribution < -0.4 is 11.1 Å². The van der Waals surface area contributed by atoms with Crippen LogP contribution in [0.4, 0.5) is 4.39 Å². The number of aliphatic hydroxyl groups is 1. The monoisotopic (exact) mass is 212 g/mol. The summed E-state index contributed by atoms with van der Waals surface area (Å²) in [5.74, 6) is -0.701. The van der Waals surface area contributed by atoms with Gasteiger partial charge in [0.25, 0.3) is 0 Å². The smallest absolute Gasteiger partial charge is 0.233 e. The average Bonchev–Trinajstić information content (AvgIpc) is 2.26. The Bertz CT molecular complexity index is 327. The molecule has 1 aromatic carbocycles. The Hall–Kier alpha value is -1.46. The number of aliphatic hydroxyl groups excluding tert-OH is 1. The van der Waals surface area contributed by atoms with Crippen molar-refractivity contribution in [3.8, 4) is 0 Å². The highest BCUT2D eigenvalue weighted by molar-refractivity contribution is 5.77. The number of carbonyl (C=O) groups excluding carboxylic acids is 1. The topological polar surface area (TPSA) is 75.4 Å². The van der Waals surface area contributed by atoms with Gasteiger partial charge >= 0.3 is 0 Å². The first-order chi connectivity index (χ1) is 7.13. The summed E-state index contributed by atoms with van der Waals surface area (Å²) in [4.78, 5) is 10.8. The largest absolute Gasteiger partial charge is 0.387 e. The molecule has 1 aromatic rings. The number of nitrogens with one attached hydrogen (secondary N) is 1. The van der Waals surface area contributed by atoms with Gasteiger partial charge in [-0.3, -0.25) is 4.79 Å². The number of nitrogens with two attached hydrogens (primary N) is 1. The molecule has 0 saturated carbocycles. The van der Waals surface area contributed by atoms with Crippen LogP contribution in [0.15, 0.2) is 24.3 Å². The third-order valence-electron chi connectivity index (χ3n) is 1.93. The van der Waals surface area contributed by atoms with E-state index in [1.165, 1.54) is 24.3 Å². The van der Waals surface area contributed by atoms with Crippen molar-refractivity contribution in [1.82, 2.24) is 5.32 Å². The van der Waals surface area contributed by atoms with Gasteiger partial charge in [0.1, 0.15) is 5.82 Å². The molecule has 0 saturated heterocycles. The molecule has 0 aliphatic heterocycles. The van der Waals surface area contributed by atoms with Crippen LogP contribution in [0, 0.1) is 5.82 Å². The summed E-state index contributed by atoms with van der Waals surface area (Å²) in [6, 6.07) is 5.44. The summed E-state index contributed by atoms with van der Waals surface area (Å²) in [5, 5.41) is 12.0. The van der Waals surface area contributed by atoms with Crippen molar-refractivity contribution in [2.75, 3.05) is 13.1 Å². The molecule has 5 heteroatoms. The van der Waals surface area contributed by atoms with Gasteiger partial charge < -0.3 is 16.2 Å². The van der Waals surface area contributed by atoms with Crippen molar-refractivity contribution in [1.29, 1.82) is 0 Å². The highest BCUT2D eigenvalue weighted by Crippen LogP contribution is 2.11. The second-order valence-corrected chi connectivity index (χ2v) is 3.08. The van der Waals surface area contributed by atoms with Crippen LogP contribution in [-0.2, 0) is 4.79 Å². The first-order valence-electron chi connectivity index (χ1n) is 4.53. The molecule has 0 spiro atoms. The van der Waals surface area contributed by atoms with E-state index in [1.807, 2.05) is 0 Å². The molecule has 0 radical (unpaired) electrons. The van der Waals surface area contributed by atoms with Crippen LogP contribution in [0.2, 0.25) is 0 Å². The molecular formula is C10H13FN2O2. The van der Waals surface area contributed by atoms with E-state index in [2.05, 4.69) is 5.32 Å². The Kier molecular flexibility index (Phi) is 4.20. The number of amides is 1. The highest BCUT2D eigenvalue weighted by atomic mass is 19.1. The van der Waals surface area contributed by atoms with E-state index in [0.29, 0.717) is 5.56 Å². The van der Waals surface area contributed by atoms with E-state index < -0.39 is 6.10 Å². The Morgan fingerprint density at radius 3 is 2.60 bits per heavy atom. The van der Waals surface area contributed by atoms with Gasteiger partial charge in [0.2, 0.25) is 5.91 Å². The second kappa shape index (κ2) is 5.43. The number of halogens is 1. The van der Waals surface area contributed by atoms with Crippen molar-refractivity contribution >= 4 is 5.91 Å². The quantitative estimate of drug-likeness (QED) is 0.654. The van der Waals surface area contributed by atoms with Crippen LogP contribution in [0.5, 0.6) is 0 Å². The van der Waals surface area contributed by atoms with Gasteiger partial charge in [-0.1, -0.05) is 12.1 Å². The van der Waals surface area contributed by atoms with Gasteiger partial charge in [-0.05, 0) is 17.7 Å². The summed E-state index contributed by atoms with van der Waals surface area (Å²) in [5.41, 5.74) is 5.62. The van der Waals surface area contributed by atoms with Crippen molar-refractivity contribution in [3.05, 3.63) is 35.6 Å². The lowest BCUT2D eigenvalue weighted by Crippen LogP contribution is -2.33. The van der Waals surface area contributed by atoms with Crippen molar-refractivity contribution in [2.24, 2.45) is 5.73 Å². The molecule has 0 aliphatic carbocycles. The van der Waals surface area contributed by atoms with E-state index in [1.54, 1.807) is 0 Å². The lowest BCUT2D eigenvalue weighted by molar-refractivity contribution is -0.120. The van der Waals surface area contributed by atoms with E-state index in [4.69, 9.17) is 5.73 Å². The van der Waals surface area contributed by atoms with Crippen LogP contribution in [0.25, 0.3) is 0 Å². The fraction of sp³-hybridized carbons (Fsp3) is 0.300. The van der Waals surface area contributed by atoms with Gasteiger partial charge in [0.15, 0.2) is 0 Å². The van der Waals surface area contributed by atoms with Crippen LogP contribution in [-0.4, -0.2) is 24.1 Å². The number of hydrogen-bond donors (Lipinski definition) is 3. The van der Waals surface area contributed by atoms with Crippen molar-refractivity contribution < 1.29 is 14.3 Å². The molecule has 0 aliphatic rings. The molecular weight excluding hydrogens is 199 g/mol. The minimum atomic E-state index is -0.846. The number of carbonyl (C=O) groups is 1. The minimum Gasteiger partial charge on any atom is -0.387 e. The number of rotatable bonds is 4. The highest BCUT2D eigenvalue weighted by Gasteiger charge is 2.08. The summed E-state index contributed by atoms with van der Waals surface area (Å²) in [6.07, 6.45) is -0.846. The Labute approximate surface area is 86.9 Å². The maximum Gasteiger partial charge on any atom is 0.233 e. The molecule has 0 fully saturated rings. The van der Waals surface area contributed by atoms with E-state index in [0.717, 1.165) is 0 Å². The first-order valence-corrected chi connectivity index (χ1v) is 4.53. The lowest BCUT2D eigenvalue weighted by Gasteiger charge is -2.11. The minimum absolute atomic E-state index is 0.0711.